The van der Waals surface area contributed by atoms with Gasteiger partial charge in [0.1, 0.15) is 10.8 Å². The Morgan fingerprint density at radius 3 is 2.68 bits per heavy atom. The molecule has 1 heterocycles. The number of halogens is 1. The molecule has 0 aliphatic heterocycles. The van der Waals surface area contributed by atoms with Gasteiger partial charge in [-0.2, -0.15) is 0 Å². The highest BCUT2D eigenvalue weighted by Crippen LogP contribution is 2.26. The van der Waals surface area contributed by atoms with Crippen LogP contribution in [-0.2, 0) is 10.0 Å². The highest BCUT2D eigenvalue weighted by Gasteiger charge is 2.19. The topological polar surface area (TPSA) is 83.5 Å². The third-order valence-electron chi connectivity index (χ3n) is 2.23. The second-order valence-corrected chi connectivity index (χ2v) is 6.13. The van der Waals surface area contributed by atoms with Crippen LogP contribution in [-0.4, -0.2) is 19.5 Å². The first-order chi connectivity index (χ1) is 8.90. The van der Waals surface area contributed by atoms with Crippen LogP contribution in [0.5, 0.6) is 0 Å². The monoisotopic (exact) mass is 301 g/mol. The van der Waals surface area contributed by atoms with Gasteiger partial charge < -0.3 is 5.11 Å². The van der Waals surface area contributed by atoms with E-state index in [0.29, 0.717) is 0 Å². The quantitative estimate of drug-likeness (QED) is 0.908. The Labute approximate surface area is 112 Å². The number of hydrogen-bond acceptors (Lipinski definition) is 4. The van der Waals surface area contributed by atoms with Gasteiger partial charge in [0.05, 0.1) is 10.5 Å². The smallest absolute Gasteiger partial charge is 0.338 e. The molecule has 2 aromatic rings. The first-order valence-corrected chi connectivity index (χ1v) is 7.35. The van der Waals surface area contributed by atoms with Gasteiger partial charge in [0.25, 0.3) is 10.0 Å². The SMILES string of the molecule is O=C(O)c1ccsc1NS(=O)(=O)c1cccc(F)c1. The molecule has 2 rings (SSSR count). The molecule has 0 saturated carbocycles. The predicted molar refractivity (Wildman–Crippen MR) is 68.5 cm³/mol. The zero-order valence-corrected chi connectivity index (χ0v) is 11.0. The Bertz CT molecular complexity index is 724. The van der Waals surface area contributed by atoms with Gasteiger partial charge >= 0.3 is 5.97 Å². The first kappa shape index (κ1) is 13.5. The van der Waals surface area contributed by atoms with E-state index in [1.54, 1.807) is 0 Å². The molecule has 0 aliphatic carbocycles. The number of nitrogens with one attached hydrogen (secondary N) is 1. The number of benzene rings is 1. The molecule has 0 bridgehead atoms. The lowest BCUT2D eigenvalue weighted by molar-refractivity contribution is 0.0698. The molecule has 0 unspecified atom stereocenters. The van der Waals surface area contributed by atoms with E-state index in [4.69, 9.17) is 5.11 Å². The summed E-state index contributed by atoms with van der Waals surface area (Å²) in [5, 5.41) is 10.3. The number of carboxylic acids is 1. The van der Waals surface area contributed by atoms with Crippen molar-refractivity contribution in [1.29, 1.82) is 0 Å². The van der Waals surface area contributed by atoms with E-state index in [1.807, 2.05) is 0 Å². The van der Waals surface area contributed by atoms with E-state index in [0.717, 1.165) is 23.5 Å². The lowest BCUT2D eigenvalue weighted by Gasteiger charge is -2.07. The maximum absolute atomic E-state index is 13.0. The molecular weight excluding hydrogens is 293 g/mol. The van der Waals surface area contributed by atoms with Crippen molar-refractivity contribution >= 4 is 32.3 Å². The van der Waals surface area contributed by atoms with E-state index >= 15 is 0 Å². The summed E-state index contributed by atoms with van der Waals surface area (Å²) in [6, 6.07) is 5.75. The first-order valence-electron chi connectivity index (χ1n) is 4.99. The van der Waals surface area contributed by atoms with Crippen LogP contribution in [0.25, 0.3) is 0 Å². The molecule has 1 aromatic heterocycles. The van der Waals surface area contributed by atoms with Crippen LogP contribution in [0.15, 0.2) is 40.6 Å². The van der Waals surface area contributed by atoms with Crippen LogP contribution in [0, 0.1) is 5.82 Å². The number of aromatic carboxylic acids is 1. The van der Waals surface area contributed by atoms with Crippen molar-refractivity contribution in [2.45, 2.75) is 4.90 Å². The normalized spacial score (nSPS) is 11.2. The summed E-state index contributed by atoms with van der Waals surface area (Å²) < 4.78 is 39.1. The number of carboxylic acid groups (broad SMARTS) is 1. The van der Waals surface area contributed by atoms with Crippen molar-refractivity contribution in [2.75, 3.05) is 4.72 Å². The number of thiophene rings is 1. The van der Waals surface area contributed by atoms with Crippen LogP contribution in [0.4, 0.5) is 9.39 Å². The molecule has 0 saturated heterocycles. The summed E-state index contributed by atoms with van der Waals surface area (Å²) in [5.41, 5.74) is -0.148. The van der Waals surface area contributed by atoms with E-state index < -0.39 is 21.8 Å². The lowest BCUT2D eigenvalue weighted by Crippen LogP contribution is -2.14. The van der Waals surface area contributed by atoms with Crippen LogP contribution >= 0.6 is 11.3 Å². The minimum Gasteiger partial charge on any atom is -0.478 e. The summed E-state index contributed by atoms with van der Waals surface area (Å²) >= 11 is 0.939. The van der Waals surface area contributed by atoms with Gasteiger partial charge in [-0.25, -0.2) is 17.6 Å². The highest BCUT2D eigenvalue weighted by molar-refractivity contribution is 7.93. The summed E-state index contributed by atoms with van der Waals surface area (Å²) in [5.74, 6) is -1.93. The largest absolute Gasteiger partial charge is 0.478 e. The zero-order chi connectivity index (χ0) is 14.0. The number of rotatable bonds is 4. The lowest BCUT2D eigenvalue weighted by atomic mass is 10.3. The van der Waals surface area contributed by atoms with E-state index in [2.05, 4.69) is 4.72 Å². The maximum Gasteiger partial charge on any atom is 0.338 e. The van der Waals surface area contributed by atoms with Crippen molar-refractivity contribution in [3.63, 3.8) is 0 Å². The van der Waals surface area contributed by atoms with Gasteiger partial charge in [-0.3, -0.25) is 4.72 Å². The van der Waals surface area contributed by atoms with Crippen molar-refractivity contribution in [1.82, 2.24) is 0 Å². The van der Waals surface area contributed by atoms with Crippen molar-refractivity contribution in [2.24, 2.45) is 0 Å². The molecule has 0 atom stereocenters. The van der Waals surface area contributed by atoms with Crippen molar-refractivity contribution in [3.05, 3.63) is 47.1 Å². The molecule has 100 valence electrons. The minimum atomic E-state index is -4.00. The molecule has 5 nitrogen and oxygen atoms in total. The molecule has 0 aliphatic rings. The van der Waals surface area contributed by atoms with Gasteiger partial charge in [-0.05, 0) is 29.6 Å². The summed E-state index contributed by atoms with van der Waals surface area (Å²) in [6.07, 6.45) is 0. The van der Waals surface area contributed by atoms with Gasteiger partial charge in [0.2, 0.25) is 0 Å². The maximum atomic E-state index is 13.0. The number of hydrogen-bond donors (Lipinski definition) is 2. The number of anilines is 1. The van der Waals surface area contributed by atoms with Crippen LogP contribution in [0.1, 0.15) is 10.4 Å². The molecule has 8 heteroatoms. The Hall–Kier alpha value is -1.93. The average Bonchev–Trinajstić information content (AvgIpc) is 2.76. The fourth-order valence-electron chi connectivity index (χ4n) is 1.37. The summed E-state index contributed by atoms with van der Waals surface area (Å²) in [6.45, 7) is 0. The Balaban J connectivity index is 2.37. The molecule has 19 heavy (non-hydrogen) atoms. The van der Waals surface area contributed by atoms with Gasteiger partial charge in [-0.15, -0.1) is 11.3 Å². The van der Waals surface area contributed by atoms with Crippen molar-refractivity contribution in [3.8, 4) is 0 Å². The molecule has 2 N–H and O–H groups in total. The highest BCUT2D eigenvalue weighted by atomic mass is 32.2. The van der Waals surface area contributed by atoms with Crippen LogP contribution in [0.2, 0.25) is 0 Å². The van der Waals surface area contributed by atoms with Crippen LogP contribution < -0.4 is 4.72 Å². The van der Waals surface area contributed by atoms with Gasteiger partial charge in [-0.1, -0.05) is 6.07 Å². The Kier molecular flexibility index (Phi) is 3.54. The molecular formula is C11H8FNO4S2. The van der Waals surface area contributed by atoms with Gasteiger partial charge in [0, 0.05) is 0 Å². The van der Waals surface area contributed by atoms with E-state index in [9.17, 15) is 17.6 Å². The molecule has 1 aromatic carbocycles. The molecule has 0 spiro atoms. The number of carbonyl (C=O) groups is 1. The Morgan fingerprint density at radius 1 is 1.32 bits per heavy atom. The summed E-state index contributed by atoms with van der Waals surface area (Å²) in [4.78, 5) is 10.6. The minimum absolute atomic E-state index is 0.0169. The summed E-state index contributed by atoms with van der Waals surface area (Å²) in [7, 11) is -4.00. The second-order valence-electron chi connectivity index (χ2n) is 3.53. The van der Waals surface area contributed by atoms with Gasteiger partial charge in [0.15, 0.2) is 0 Å². The standard InChI is InChI=1S/C11H8FNO4S2/c12-7-2-1-3-8(6-7)19(16,17)13-10-9(11(14)15)4-5-18-10/h1-6,13H,(H,14,15). The second kappa shape index (κ2) is 4.98. The van der Waals surface area contributed by atoms with E-state index in [-0.39, 0.29) is 15.5 Å². The number of sulfonamides is 1. The van der Waals surface area contributed by atoms with E-state index in [1.165, 1.54) is 23.6 Å². The fourth-order valence-corrected chi connectivity index (χ4v) is 3.51. The predicted octanol–water partition coefficient (Wildman–Crippen LogP) is 2.39. The average molecular weight is 301 g/mol. The zero-order valence-electron chi connectivity index (χ0n) is 9.33. The third kappa shape index (κ3) is 2.91. The third-order valence-corrected chi connectivity index (χ3v) is 4.54. The van der Waals surface area contributed by atoms with Crippen LogP contribution in [0.3, 0.4) is 0 Å². The Morgan fingerprint density at radius 2 is 2.05 bits per heavy atom. The molecule has 0 fully saturated rings. The molecule has 0 amide bonds. The van der Waals surface area contributed by atoms with Crippen molar-refractivity contribution < 1.29 is 22.7 Å². The fraction of sp³-hybridized carbons (Fsp3) is 0. The molecule has 0 radical (unpaired) electrons.